The minimum Gasteiger partial charge on any atom is -0.324 e. The van der Waals surface area contributed by atoms with Crippen LogP contribution in [0.2, 0.25) is 0 Å². The van der Waals surface area contributed by atoms with Gasteiger partial charge in [0, 0.05) is 0 Å². The molecule has 0 spiro atoms. The minimum absolute atomic E-state index is 0.121. The standard InChI is InChI=1S/C16H8N6O7/c23-13-9-5-1-3-7-11(9)17-19-21(13)28-15(25)27-16(26)29-22-14(24)10-6-2-4-8-12(10)18-20-22/h1-8H. The summed E-state index contributed by atoms with van der Waals surface area (Å²) in [5, 5.41) is 14.4. The predicted molar refractivity (Wildman–Crippen MR) is 92.6 cm³/mol. The second-order valence-corrected chi connectivity index (χ2v) is 5.35. The molecule has 2 aromatic carbocycles. The van der Waals surface area contributed by atoms with Crippen LogP contribution in [0.15, 0.2) is 58.1 Å². The fourth-order valence-electron chi connectivity index (χ4n) is 2.31. The molecule has 0 N–H and O–H groups in total. The first-order chi connectivity index (χ1) is 14.0. The van der Waals surface area contributed by atoms with Gasteiger partial charge >= 0.3 is 23.4 Å². The lowest BCUT2D eigenvalue weighted by Gasteiger charge is -2.05. The Hall–Kier alpha value is -4.68. The van der Waals surface area contributed by atoms with Crippen molar-refractivity contribution in [2.75, 3.05) is 0 Å². The van der Waals surface area contributed by atoms with Crippen LogP contribution in [-0.4, -0.2) is 42.6 Å². The van der Waals surface area contributed by atoms with Crippen LogP contribution in [0.5, 0.6) is 0 Å². The van der Waals surface area contributed by atoms with Gasteiger partial charge in [0.2, 0.25) is 0 Å². The number of rotatable bonds is 2. The second kappa shape index (κ2) is 7.15. The van der Waals surface area contributed by atoms with Crippen molar-refractivity contribution in [3.05, 3.63) is 69.2 Å². The quantitative estimate of drug-likeness (QED) is 0.249. The van der Waals surface area contributed by atoms with E-state index in [0.717, 1.165) is 0 Å². The fraction of sp³-hybridized carbons (Fsp3) is 0. The summed E-state index contributed by atoms with van der Waals surface area (Å²) in [6.45, 7) is 0. The van der Waals surface area contributed by atoms with Gasteiger partial charge in [0.1, 0.15) is 11.0 Å². The summed E-state index contributed by atoms with van der Waals surface area (Å²) in [6.07, 6.45) is -3.30. The summed E-state index contributed by atoms with van der Waals surface area (Å²) in [6, 6.07) is 12.4. The van der Waals surface area contributed by atoms with Crippen molar-refractivity contribution in [1.82, 2.24) is 30.3 Å². The van der Waals surface area contributed by atoms with E-state index in [1.807, 2.05) is 0 Å². The van der Waals surface area contributed by atoms with Crippen LogP contribution >= 0.6 is 0 Å². The molecule has 0 unspecified atom stereocenters. The third-order valence-electron chi connectivity index (χ3n) is 3.57. The van der Waals surface area contributed by atoms with Crippen molar-refractivity contribution in [1.29, 1.82) is 0 Å². The molecule has 0 saturated heterocycles. The highest BCUT2D eigenvalue weighted by Gasteiger charge is 2.19. The lowest BCUT2D eigenvalue weighted by atomic mass is 10.2. The van der Waals surface area contributed by atoms with Gasteiger partial charge in [-0.25, -0.2) is 9.59 Å². The Labute approximate surface area is 158 Å². The molecule has 0 atom stereocenters. The lowest BCUT2D eigenvalue weighted by molar-refractivity contribution is 0.0103. The van der Waals surface area contributed by atoms with Gasteiger partial charge in [-0.3, -0.25) is 19.3 Å². The van der Waals surface area contributed by atoms with Crippen molar-refractivity contribution in [2.24, 2.45) is 0 Å². The second-order valence-electron chi connectivity index (χ2n) is 5.35. The van der Waals surface area contributed by atoms with Crippen LogP contribution in [0.4, 0.5) is 9.59 Å². The molecule has 4 rings (SSSR count). The Kier molecular flexibility index (Phi) is 4.37. The third kappa shape index (κ3) is 3.46. The summed E-state index contributed by atoms with van der Waals surface area (Å²) in [7, 11) is 0. The van der Waals surface area contributed by atoms with Crippen molar-refractivity contribution in [2.45, 2.75) is 0 Å². The van der Waals surface area contributed by atoms with E-state index in [1.165, 1.54) is 24.3 Å². The summed E-state index contributed by atoms with van der Waals surface area (Å²) >= 11 is 0. The zero-order chi connectivity index (χ0) is 20.4. The van der Waals surface area contributed by atoms with E-state index in [1.54, 1.807) is 24.3 Å². The molecule has 0 radical (unpaired) electrons. The first-order valence-corrected chi connectivity index (χ1v) is 7.85. The van der Waals surface area contributed by atoms with Gasteiger partial charge in [-0.15, -0.1) is 10.2 Å². The van der Waals surface area contributed by atoms with Crippen LogP contribution in [0.1, 0.15) is 0 Å². The summed E-state index contributed by atoms with van der Waals surface area (Å²) in [5.41, 5.74) is -1.06. The molecular formula is C16H8N6O7. The first-order valence-electron chi connectivity index (χ1n) is 7.85. The molecule has 4 aromatic rings. The molecule has 0 saturated carbocycles. The van der Waals surface area contributed by atoms with Crippen LogP contribution in [0.3, 0.4) is 0 Å². The Morgan fingerprint density at radius 2 is 1.10 bits per heavy atom. The molecule has 2 aromatic heterocycles. The fourth-order valence-corrected chi connectivity index (χ4v) is 2.31. The highest BCUT2D eigenvalue weighted by Crippen LogP contribution is 2.04. The van der Waals surface area contributed by atoms with Gasteiger partial charge in [-0.2, -0.15) is 0 Å². The van der Waals surface area contributed by atoms with E-state index in [0.29, 0.717) is 0 Å². The number of carbonyl (C=O) groups is 2. The number of hydrogen-bond acceptors (Lipinski definition) is 11. The first kappa shape index (κ1) is 17.7. The average molecular weight is 396 g/mol. The van der Waals surface area contributed by atoms with E-state index >= 15 is 0 Å². The molecule has 0 bridgehead atoms. The van der Waals surface area contributed by atoms with E-state index < -0.39 is 23.4 Å². The maximum atomic E-state index is 12.2. The molecule has 29 heavy (non-hydrogen) atoms. The Balaban J connectivity index is 1.47. The molecule has 0 aliphatic rings. The highest BCUT2D eigenvalue weighted by molar-refractivity contribution is 5.79. The molecule has 0 aliphatic heterocycles. The number of ether oxygens (including phenoxy) is 1. The van der Waals surface area contributed by atoms with Crippen molar-refractivity contribution >= 4 is 34.1 Å². The number of nitrogens with zero attached hydrogens (tertiary/aromatic N) is 6. The lowest BCUT2D eigenvalue weighted by Crippen LogP contribution is -2.38. The largest absolute Gasteiger partial charge is 0.545 e. The van der Waals surface area contributed by atoms with Gasteiger partial charge in [0.25, 0.3) is 0 Å². The highest BCUT2D eigenvalue weighted by atomic mass is 16.9. The molecule has 13 nitrogen and oxygen atoms in total. The maximum absolute atomic E-state index is 12.2. The van der Waals surface area contributed by atoms with Crippen molar-refractivity contribution in [3.8, 4) is 0 Å². The van der Waals surface area contributed by atoms with Crippen LogP contribution in [0, 0.1) is 0 Å². The Bertz CT molecular complexity index is 1270. The van der Waals surface area contributed by atoms with Gasteiger partial charge in [0.15, 0.2) is 0 Å². The van der Waals surface area contributed by atoms with Crippen molar-refractivity contribution < 1.29 is 24.0 Å². The SMILES string of the molecule is O=C(OC(=O)On1nnc2ccccc2c1=O)On1nnc2ccccc2c1=O. The zero-order valence-corrected chi connectivity index (χ0v) is 14.2. The molecule has 0 amide bonds. The van der Waals surface area contributed by atoms with Gasteiger partial charge in [0.05, 0.1) is 10.8 Å². The van der Waals surface area contributed by atoms with Crippen molar-refractivity contribution in [3.63, 3.8) is 0 Å². The number of benzene rings is 2. The summed E-state index contributed by atoms with van der Waals surface area (Å²) < 4.78 is 4.22. The Morgan fingerprint density at radius 1 is 0.690 bits per heavy atom. The normalized spacial score (nSPS) is 10.6. The van der Waals surface area contributed by atoms with Gasteiger partial charge in [-0.1, -0.05) is 24.3 Å². The van der Waals surface area contributed by atoms with Gasteiger partial charge in [-0.05, 0) is 44.4 Å². The number of fused-ring (bicyclic) bond motifs is 2. The van der Waals surface area contributed by atoms with Gasteiger partial charge < -0.3 is 4.74 Å². The van der Waals surface area contributed by atoms with Crippen LogP contribution < -0.4 is 20.8 Å². The molecular weight excluding hydrogens is 388 g/mol. The Morgan fingerprint density at radius 3 is 1.55 bits per heavy atom. The molecule has 0 aliphatic carbocycles. The van der Waals surface area contributed by atoms with Crippen LogP contribution in [-0.2, 0) is 4.74 Å². The number of carbonyl (C=O) groups excluding carboxylic acids is 2. The molecule has 144 valence electrons. The third-order valence-corrected chi connectivity index (χ3v) is 3.57. The molecule has 2 heterocycles. The van der Waals surface area contributed by atoms with E-state index in [-0.39, 0.29) is 31.5 Å². The van der Waals surface area contributed by atoms with E-state index in [4.69, 9.17) is 0 Å². The van der Waals surface area contributed by atoms with Crippen LogP contribution in [0.25, 0.3) is 21.8 Å². The van der Waals surface area contributed by atoms with E-state index in [9.17, 15) is 19.2 Å². The maximum Gasteiger partial charge on any atom is 0.545 e. The molecule has 13 heteroatoms. The smallest absolute Gasteiger partial charge is 0.324 e. The number of hydrogen-bond donors (Lipinski definition) is 0. The summed E-state index contributed by atoms with van der Waals surface area (Å²) in [4.78, 5) is 57.2. The average Bonchev–Trinajstić information content (AvgIpc) is 2.72. The minimum atomic E-state index is -1.65. The topological polar surface area (TPSA) is 157 Å². The zero-order valence-electron chi connectivity index (χ0n) is 14.2. The monoisotopic (exact) mass is 396 g/mol. The van der Waals surface area contributed by atoms with E-state index in [2.05, 4.69) is 35.0 Å². The summed E-state index contributed by atoms with van der Waals surface area (Å²) in [5.74, 6) is 0. The molecule has 0 fully saturated rings. The predicted octanol–water partition coefficient (Wildman–Crippen LogP) is -0.290. The number of aromatic nitrogens is 6.